The molecule has 1 aliphatic carbocycles. The fourth-order valence-electron chi connectivity index (χ4n) is 4.17. The van der Waals surface area contributed by atoms with Crippen LogP contribution in [0.3, 0.4) is 0 Å². The maximum Gasteiger partial charge on any atom is 0.253 e. The SMILES string of the molecule is Cc1oc2nc(-c3cnc(N4C[C@@H](C)O[C@@H](C)C4)nc3)nc(NC3(C)CC3)c2c1C(N)=O. The number of carbonyl (C=O) groups excluding carboxylic acids is 1. The van der Waals surface area contributed by atoms with E-state index in [1.807, 2.05) is 13.8 Å². The summed E-state index contributed by atoms with van der Waals surface area (Å²) in [6, 6.07) is 0. The molecule has 0 spiro atoms. The zero-order chi connectivity index (χ0) is 22.6. The summed E-state index contributed by atoms with van der Waals surface area (Å²) in [4.78, 5) is 32.5. The van der Waals surface area contributed by atoms with Gasteiger partial charge in [0.25, 0.3) is 5.91 Å². The summed E-state index contributed by atoms with van der Waals surface area (Å²) in [7, 11) is 0. The minimum Gasteiger partial charge on any atom is -0.442 e. The Morgan fingerprint density at radius 3 is 2.44 bits per heavy atom. The monoisotopic (exact) mass is 437 g/mol. The molecule has 1 aliphatic heterocycles. The summed E-state index contributed by atoms with van der Waals surface area (Å²) in [5.74, 6) is 1.46. The topological polar surface area (TPSA) is 132 Å². The van der Waals surface area contributed by atoms with Gasteiger partial charge in [-0.05, 0) is 40.5 Å². The van der Waals surface area contributed by atoms with E-state index in [1.54, 1.807) is 19.3 Å². The van der Waals surface area contributed by atoms with E-state index in [2.05, 4.69) is 32.1 Å². The van der Waals surface area contributed by atoms with Crippen molar-refractivity contribution in [2.75, 3.05) is 23.3 Å². The molecule has 32 heavy (non-hydrogen) atoms. The molecule has 5 rings (SSSR count). The summed E-state index contributed by atoms with van der Waals surface area (Å²) in [5, 5.41) is 3.96. The number of fused-ring (bicyclic) bond motifs is 1. The molecule has 10 nitrogen and oxygen atoms in total. The molecule has 1 amide bonds. The molecule has 1 saturated carbocycles. The number of amides is 1. The number of nitrogens with zero attached hydrogens (tertiary/aromatic N) is 5. The molecule has 4 heterocycles. The summed E-state index contributed by atoms with van der Waals surface area (Å²) >= 11 is 0. The van der Waals surface area contributed by atoms with E-state index in [0.29, 0.717) is 45.6 Å². The van der Waals surface area contributed by atoms with E-state index in [-0.39, 0.29) is 17.7 Å². The molecular formula is C22H27N7O3. The largest absolute Gasteiger partial charge is 0.442 e. The number of carbonyl (C=O) groups is 1. The number of hydrogen-bond acceptors (Lipinski definition) is 9. The number of furan rings is 1. The molecule has 3 aromatic rings. The highest BCUT2D eigenvalue weighted by Gasteiger charge is 2.39. The number of ether oxygens (including phenoxy) is 1. The highest BCUT2D eigenvalue weighted by Crippen LogP contribution is 2.41. The second-order valence-corrected chi connectivity index (χ2v) is 9.09. The average Bonchev–Trinajstić information content (AvgIpc) is 3.34. The van der Waals surface area contributed by atoms with Gasteiger partial charge >= 0.3 is 0 Å². The lowest BCUT2D eigenvalue weighted by atomic mass is 10.1. The maximum absolute atomic E-state index is 12.1. The van der Waals surface area contributed by atoms with Crippen molar-refractivity contribution in [3.05, 3.63) is 23.7 Å². The fourth-order valence-corrected chi connectivity index (χ4v) is 4.17. The van der Waals surface area contributed by atoms with Crippen LogP contribution in [0.4, 0.5) is 11.8 Å². The van der Waals surface area contributed by atoms with Gasteiger partial charge < -0.3 is 25.1 Å². The Balaban J connectivity index is 1.53. The van der Waals surface area contributed by atoms with Crippen LogP contribution >= 0.6 is 0 Å². The zero-order valence-electron chi connectivity index (χ0n) is 18.7. The van der Waals surface area contributed by atoms with Gasteiger partial charge in [0.1, 0.15) is 11.6 Å². The van der Waals surface area contributed by atoms with Gasteiger partial charge in [-0.15, -0.1) is 0 Å². The number of morpholine rings is 1. The highest BCUT2D eigenvalue weighted by molar-refractivity contribution is 6.09. The molecule has 0 bridgehead atoms. The second kappa shape index (κ2) is 7.40. The van der Waals surface area contributed by atoms with Gasteiger partial charge in [0, 0.05) is 31.0 Å². The van der Waals surface area contributed by atoms with E-state index in [0.717, 1.165) is 25.9 Å². The summed E-state index contributed by atoms with van der Waals surface area (Å²) < 4.78 is 11.6. The summed E-state index contributed by atoms with van der Waals surface area (Å²) in [6.07, 6.45) is 5.69. The molecule has 10 heteroatoms. The minimum atomic E-state index is -0.566. The molecule has 2 aliphatic rings. The van der Waals surface area contributed by atoms with Crippen LogP contribution < -0.4 is 16.0 Å². The van der Waals surface area contributed by atoms with Gasteiger partial charge in [0.2, 0.25) is 11.7 Å². The van der Waals surface area contributed by atoms with Gasteiger partial charge in [-0.2, -0.15) is 4.98 Å². The molecule has 2 atom stereocenters. The lowest BCUT2D eigenvalue weighted by molar-refractivity contribution is -0.00572. The third-order valence-corrected chi connectivity index (χ3v) is 5.99. The molecule has 2 fully saturated rings. The molecular weight excluding hydrogens is 410 g/mol. The number of anilines is 2. The molecule has 0 aromatic carbocycles. The van der Waals surface area contributed by atoms with Crippen molar-refractivity contribution in [3.63, 3.8) is 0 Å². The first-order chi connectivity index (χ1) is 15.2. The molecule has 3 aromatic heterocycles. The van der Waals surface area contributed by atoms with Crippen molar-refractivity contribution < 1.29 is 13.9 Å². The first kappa shape index (κ1) is 20.6. The average molecular weight is 438 g/mol. The first-order valence-electron chi connectivity index (χ1n) is 10.8. The number of nitrogens with two attached hydrogens (primary N) is 1. The van der Waals surface area contributed by atoms with Crippen LogP contribution in [0.15, 0.2) is 16.8 Å². The molecule has 1 saturated heterocycles. The van der Waals surface area contributed by atoms with Crippen molar-refractivity contribution in [3.8, 4) is 11.4 Å². The van der Waals surface area contributed by atoms with E-state index >= 15 is 0 Å². The van der Waals surface area contributed by atoms with Crippen LogP contribution in [-0.4, -0.2) is 56.7 Å². The van der Waals surface area contributed by atoms with Gasteiger partial charge in [0.15, 0.2) is 5.82 Å². The van der Waals surface area contributed by atoms with Crippen LogP contribution in [0.5, 0.6) is 0 Å². The van der Waals surface area contributed by atoms with E-state index < -0.39 is 5.91 Å². The zero-order valence-corrected chi connectivity index (χ0v) is 18.7. The van der Waals surface area contributed by atoms with Crippen molar-refractivity contribution in [1.29, 1.82) is 0 Å². The highest BCUT2D eigenvalue weighted by atomic mass is 16.5. The predicted molar refractivity (Wildman–Crippen MR) is 120 cm³/mol. The van der Waals surface area contributed by atoms with E-state index in [1.165, 1.54) is 0 Å². The Morgan fingerprint density at radius 2 is 1.84 bits per heavy atom. The normalized spacial score (nSPS) is 22.2. The Hall–Kier alpha value is -3.27. The number of nitrogens with one attached hydrogen (secondary N) is 1. The third-order valence-electron chi connectivity index (χ3n) is 5.99. The Labute approximate surface area is 185 Å². The van der Waals surface area contributed by atoms with Crippen LogP contribution in [0.1, 0.15) is 49.7 Å². The number of primary amides is 1. The van der Waals surface area contributed by atoms with E-state index in [9.17, 15) is 4.79 Å². The van der Waals surface area contributed by atoms with Gasteiger partial charge in [-0.25, -0.2) is 15.0 Å². The van der Waals surface area contributed by atoms with Crippen molar-refractivity contribution in [2.24, 2.45) is 5.73 Å². The quantitative estimate of drug-likeness (QED) is 0.618. The lowest BCUT2D eigenvalue weighted by Gasteiger charge is -2.35. The van der Waals surface area contributed by atoms with Gasteiger partial charge in [-0.1, -0.05) is 0 Å². The van der Waals surface area contributed by atoms with Gasteiger partial charge in [0.05, 0.1) is 28.7 Å². The number of hydrogen-bond donors (Lipinski definition) is 2. The maximum atomic E-state index is 12.1. The van der Waals surface area contributed by atoms with Gasteiger partial charge in [-0.3, -0.25) is 4.79 Å². The molecule has 3 N–H and O–H groups in total. The Kier molecular flexibility index (Phi) is 4.77. The lowest BCUT2D eigenvalue weighted by Crippen LogP contribution is -2.46. The van der Waals surface area contributed by atoms with Crippen molar-refractivity contribution in [1.82, 2.24) is 19.9 Å². The number of aromatic nitrogens is 4. The predicted octanol–water partition coefficient (Wildman–Crippen LogP) is 2.67. The second-order valence-electron chi connectivity index (χ2n) is 9.09. The fraction of sp³-hybridized carbons (Fsp3) is 0.500. The Morgan fingerprint density at radius 1 is 1.19 bits per heavy atom. The molecule has 168 valence electrons. The third kappa shape index (κ3) is 3.75. The van der Waals surface area contributed by atoms with Crippen LogP contribution in [-0.2, 0) is 4.74 Å². The Bertz CT molecular complexity index is 1180. The first-order valence-corrected chi connectivity index (χ1v) is 10.8. The van der Waals surface area contributed by atoms with Crippen molar-refractivity contribution >= 4 is 28.8 Å². The summed E-state index contributed by atoms with van der Waals surface area (Å²) in [6.45, 7) is 9.37. The minimum absolute atomic E-state index is 0.0667. The van der Waals surface area contributed by atoms with Crippen LogP contribution in [0, 0.1) is 6.92 Å². The van der Waals surface area contributed by atoms with Crippen LogP contribution in [0.25, 0.3) is 22.5 Å². The smallest absolute Gasteiger partial charge is 0.253 e. The standard InChI is InChI=1S/C22H27N7O3/c1-11-9-29(10-12(2)31-11)21-24-7-14(8-25-21)18-26-19(28-22(4)5-6-22)16-15(17(23)30)13(3)32-20(16)27-18/h7-8,11-12H,5-6,9-10H2,1-4H3,(H2,23,30)(H,26,27,28)/t11-,12+. The molecule has 0 unspecified atom stereocenters. The molecule has 0 radical (unpaired) electrons. The summed E-state index contributed by atoms with van der Waals surface area (Å²) in [5.41, 5.74) is 6.82. The number of aryl methyl sites for hydroxylation is 1. The number of rotatable bonds is 5. The van der Waals surface area contributed by atoms with Crippen molar-refractivity contribution in [2.45, 2.75) is 58.3 Å². The van der Waals surface area contributed by atoms with E-state index in [4.69, 9.17) is 19.9 Å². The van der Waals surface area contributed by atoms with Crippen LogP contribution in [0.2, 0.25) is 0 Å².